The predicted molar refractivity (Wildman–Crippen MR) is 89.0 cm³/mol. The normalized spacial score (nSPS) is 20.2. The molecule has 0 radical (unpaired) electrons. The molecule has 2 rings (SSSR count). The number of rotatable bonds is 4. The summed E-state index contributed by atoms with van der Waals surface area (Å²) in [6.07, 6.45) is 8.10. The number of amides is 1. The fourth-order valence-electron chi connectivity index (χ4n) is 2.73. The van der Waals surface area contributed by atoms with E-state index in [9.17, 15) is 4.79 Å². The van der Waals surface area contributed by atoms with E-state index in [1.807, 2.05) is 25.7 Å². The van der Waals surface area contributed by atoms with Crippen molar-refractivity contribution in [2.75, 3.05) is 13.1 Å². The van der Waals surface area contributed by atoms with Crippen LogP contribution in [-0.2, 0) is 4.74 Å². The summed E-state index contributed by atoms with van der Waals surface area (Å²) in [6.45, 7) is 9.26. The van der Waals surface area contributed by atoms with Crippen molar-refractivity contribution >= 4 is 6.09 Å². The van der Waals surface area contributed by atoms with Gasteiger partial charge in [-0.2, -0.15) is 0 Å². The van der Waals surface area contributed by atoms with Gasteiger partial charge in [-0.05, 0) is 47.0 Å². The Labute approximate surface area is 138 Å². The molecule has 0 aromatic carbocycles. The quantitative estimate of drug-likeness (QED) is 0.924. The highest BCUT2D eigenvalue weighted by molar-refractivity contribution is 5.68. The van der Waals surface area contributed by atoms with Crippen molar-refractivity contribution in [3.8, 4) is 0 Å². The Hall–Kier alpha value is -1.69. The van der Waals surface area contributed by atoms with Gasteiger partial charge in [0.2, 0.25) is 0 Å². The molecule has 1 fully saturated rings. The number of hydrogen-bond donors (Lipinski definition) is 1. The number of carbonyl (C=O) groups is 1. The summed E-state index contributed by atoms with van der Waals surface area (Å²) in [6, 6.07) is 0.267. The second kappa shape index (κ2) is 7.73. The van der Waals surface area contributed by atoms with Gasteiger partial charge in [-0.25, -0.2) is 4.79 Å². The molecule has 2 atom stereocenters. The van der Waals surface area contributed by atoms with Crippen LogP contribution in [0.15, 0.2) is 18.6 Å². The summed E-state index contributed by atoms with van der Waals surface area (Å²) in [4.78, 5) is 22.7. The first-order valence-corrected chi connectivity index (χ1v) is 8.36. The molecule has 0 bridgehead atoms. The lowest BCUT2D eigenvalue weighted by molar-refractivity contribution is 0.00969. The van der Waals surface area contributed by atoms with Crippen molar-refractivity contribution in [3.05, 3.63) is 24.3 Å². The van der Waals surface area contributed by atoms with Crippen LogP contribution in [0.2, 0.25) is 0 Å². The summed E-state index contributed by atoms with van der Waals surface area (Å²) in [5, 5.41) is 3.46. The van der Waals surface area contributed by atoms with E-state index in [0.29, 0.717) is 0 Å². The van der Waals surface area contributed by atoms with Crippen LogP contribution in [-0.4, -0.2) is 45.7 Å². The van der Waals surface area contributed by atoms with Gasteiger partial charge >= 0.3 is 6.09 Å². The van der Waals surface area contributed by atoms with Gasteiger partial charge in [0, 0.05) is 43.8 Å². The zero-order chi connectivity index (χ0) is 16.9. The van der Waals surface area contributed by atoms with Crippen LogP contribution in [0.1, 0.15) is 58.7 Å². The van der Waals surface area contributed by atoms with E-state index in [1.165, 1.54) is 0 Å². The third-order valence-electron chi connectivity index (χ3n) is 3.94. The van der Waals surface area contributed by atoms with Crippen molar-refractivity contribution in [2.45, 2.75) is 64.6 Å². The minimum absolute atomic E-state index is 0.103. The summed E-state index contributed by atoms with van der Waals surface area (Å²) < 4.78 is 5.54. The molecule has 1 saturated heterocycles. The third-order valence-corrected chi connectivity index (χ3v) is 3.94. The topological polar surface area (TPSA) is 67.4 Å². The minimum atomic E-state index is -0.459. The van der Waals surface area contributed by atoms with Gasteiger partial charge in [0.25, 0.3) is 0 Å². The maximum Gasteiger partial charge on any atom is 0.410 e. The lowest BCUT2D eigenvalue weighted by atomic mass is 10.0. The van der Waals surface area contributed by atoms with Crippen molar-refractivity contribution in [3.63, 3.8) is 0 Å². The fourth-order valence-corrected chi connectivity index (χ4v) is 2.73. The Balaban J connectivity index is 1.92. The molecule has 1 N–H and O–H groups in total. The molecule has 128 valence electrons. The van der Waals surface area contributed by atoms with Crippen molar-refractivity contribution in [1.29, 1.82) is 0 Å². The third kappa shape index (κ3) is 5.46. The summed E-state index contributed by atoms with van der Waals surface area (Å²) in [5.74, 6) is 0. The Morgan fingerprint density at radius 1 is 1.43 bits per heavy atom. The Morgan fingerprint density at radius 2 is 2.22 bits per heavy atom. The van der Waals surface area contributed by atoms with Gasteiger partial charge in [-0.3, -0.25) is 9.97 Å². The van der Waals surface area contributed by atoms with E-state index in [1.54, 1.807) is 18.6 Å². The maximum absolute atomic E-state index is 12.4. The average molecular weight is 320 g/mol. The van der Waals surface area contributed by atoms with Crippen LogP contribution in [0.4, 0.5) is 4.79 Å². The van der Waals surface area contributed by atoms with Gasteiger partial charge in [0.15, 0.2) is 0 Å². The molecular formula is C17H28N4O2. The molecule has 0 aliphatic carbocycles. The molecule has 1 aromatic rings. The van der Waals surface area contributed by atoms with Crippen LogP contribution in [0.25, 0.3) is 0 Å². The van der Waals surface area contributed by atoms with Gasteiger partial charge in [-0.1, -0.05) is 0 Å². The number of nitrogens with zero attached hydrogens (tertiary/aromatic N) is 3. The first-order valence-electron chi connectivity index (χ1n) is 8.36. The minimum Gasteiger partial charge on any atom is -0.444 e. The molecule has 1 amide bonds. The molecule has 1 aliphatic heterocycles. The van der Waals surface area contributed by atoms with E-state index in [4.69, 9.17) is 4.74 Å². The Kier molecular flexibility index (Phi) is 5.93. The monoisotopic (exact) mass is 320 g/mol. The average Bonchev–Trinajstić information content (AvgIpc) is 2.52. The number of ether oxygens (including phenoxy) is 1. The SMILES string of the molecule is C[C@@H](NC[C@H]1CCCCN1C(=O)OC(C)(C)C)c1cnccn1. The molecule has 1 aromatic heterocycles. The zero-order valence-corrected chi connectivity index (χ0v) is 14.6. The number of piperidine rings is 1. The van der Waals surface area contributed by atoms with Crippen LogP contribution >= 0.6 is 0 Å². The first-order chi connectivity index (χ1) is 10.9. The summed E-state index contributed by atoms with van der Waals surface area (Å²) in [7, 11) is 0. The highest BCUT2D eigenvalue weighted by Crippen LogP contribution is 2.20. The second-order valence-electron chi connectivity index (χ2n) is 7.08. The van der Waals surface area contributed by atoms with E-state index in [-0.39, 0.29) is 18.2 Å². The zero-order valence-electron chi connectivity index (χ0n) is 14.6. The Morgan fingerprint density at radius 3 is 2.87 bits per heavy atom. The lowest BCUT2D eigenvalue weighted by Gasteiger charge is -2.37. The fraction of sp³-hybridized carbons (Fsp3) is 0.706. The predicted octanol–water partition coefficient (Wildman–Crippen LogP) is 2.92. The molecule has 1 aliphatic rings. The summed E-state index contributed by atoms with van der Waals surface area (Å²) >= 11 is 0. The molecular weight excluding hydrogens is 292 g/mol. The van der Waals surface area contributed by atoms with Crippen molar-refractivity contribution < 1.29 is 9.53 Å². The molecule has 0 saturated carbocycles. The van der Waals surface area contributed by atoms with Gasteiger partial charge < -0.3 is 15.0 Å². The maximum atomic E-state index is 12.4. The van der Waals surface area contributed by atoms with Gasteiger partial charge in [0.1, 0.15) is 5.60 Å². The number of carbonyl (C=O) groups excluding carboxylic acids is 1. The number of nitrogens with one attached hydrogen (secondary N) is 1. The number of hydrogen-bond acceptors (Lipinski definition) is 5. The van der Waals surface area contributed by atoms with E-state index in [2.05, 4.69) is 22.2 Å². The van der Waals surface area contributed by atoms with Crippen molar-refractivity contribution in [1.82, 2.24) is 20.2 Å². The molecule has 6 heteroatoms. The van der Waals surface area contributed by atoms with Gasteiger partial charge in [0.05, 0.1) is 5.69 Å². The Bertz CT molecular complexity index is 501. The van der Waals surface area contributed by atoms with Crippen LogP contribution in [0.3, 0.4) is 0 Å². The van der Waals surface area contributed by atoms with Crippen LogP contribution in [0.5, 0.6) is 0 Å². The molecule has 23 heavy (non-hydrogen) atoms. The lowest BCUT2D eigenvalue weighted by Crippen LogP contribution is -2.50. The van der Waals surface area contributed by atoms with E-state index >= 15 is 0 Å². The van der Waals surface area contributed by atoms with E-state index in [0.717, 1.165) is 38.0 Å². The largest absolute Gasteiger partial charge is 0.444 e. The number of likely N-dealkylation sites (tertiary alicyclic amines) is 1. The summed E-state index contributed by atoms with van der Waals surface area (Å²) in [5.41, 5.74) is 0.450. The van der Waals surface area contributed by atoms with Gasteiger partial charge in [-0.15, -0.1) is 0 Å². The second-order valence-corrected chi connectivity index (χ2v) is 7.08. The smallest absolute Gasteiger partial charge is 0.410 e. The van der Waals surface area contributed by atoms with Crippen LogP contribution in [0, 0.1) is 0 Å². The molecule has 6 nitrogen and oxygen atoms in total. The number of aromatic nitrogens is 2. The molecule has 2 heterocycles. The van der Waals surface area contributed by atoms with E-state index < -0.39 is 5.60 Å². The molecule has 0 spiro atoms. The molecule has 0 unspecified atom stereocenters. The highest BCUT2D eigenvalue weighted by atomic mass is 16.6. The standard InChI is InChI=1S/C17H28N4O2/c1-13(15-12-18-8-9-19-15)20-11-14-7-5-6-10-21(14)16(22)23-17(2,3)4/h8-9,12-14,20H,5-7,10-11H2,1-4H3/t13-,14-/m1/s1. The highest BCUT2D eigenvalue weighted by Gasteiger charge is 2.30. The van der Waals surface area contributed by atoms with Crippen molar-refractivity contribution in [2.24, 2.45) is 0 Å². The van der Waals surface area contributed by atoms with Crippen LogP contribution < -0.4 is 5.32 Å². The first kappa shape index (κ1) is 17.7.